The van der Waals surface area contributed by atoms with Crippen LogP contribution in [0.15, 0.2) is 0 Å². The van der Waals surface area contributed by atoms with Gasteiger partial charge in [0.05, 0.1) is 5.69 Å². The van der Waals surface area contributed by atoms with Crippen LogP contribution in [0.2, 0.25) is 0 Å². The average molecular weight is 208 g/mol. The lowest BCUT2D eigenvalue weighted by atomic mass is 10.2. The Morgan fingerprint density at radius 3 is 2.73 bits per heavy atom. The van der Waals surface area contributed by atoms with E-state index < -0.39 is 0 Å². The van der Waals surface area contributed by atoms with Gasteiger partial charge in [0.2, 0.25) is 0 Å². The van der Waals surface area contributed by atoms with Crippen molar-refractivity contribution < 1.29 is 0 Å². The summed E-state index contributed by atoms with van der Waals surface area (Å²) in [5.74, 6) is 1.63. The molecule has 2 heterocycles. The fourth-order valence-corrected chi connectivity index (χ4v) is 2.31. The Morgan fingerprint density at radius 2 is 2.27 bits per heavy atom. The van der Waals surface area contributed by atoms with E-state index >= 15 is 0 Å². The highest BCUT2D eigenvalue weighted by atomic mass is 15.3. The summed E-state index contributed by atoms with van der Waals surface area (Å²) in [7, 11) is 1.90. The zero-order valence-corrected chi connectivity index (χ0v) is 9.82. The third-order valence-electron chi connectivity index (χ3n) is 3.28. The van der Waals surface area contributed by atoms with Gasteiger partial charge >= 0.3 is 0 Å². The Labute approximate surface area is 91.1 Å². The van der Waals surface area contributed by atoms with E-state index in [0.29, 0.717) is 0 Å². The number of likely N-dealkylation sites (tertiary alicyclic amines) is 1. The molecule has 1 saturated heterocycles. The standard InChI is InChI=1S/C11H20N4/c1-8-4-5-15(6-8)7-10-9(2)13-14(3)11(10)12/h8H,4-7,12H2,1-3H3. The molecule has 2 N–H and O–H groups in total. The van der Waals surface area contributed by atoms with Crippen LogP contribution < -0.4 is 5.73 Å². The highest BCUT2D eigenvalue weighted by molar-refractivity contribution is 5.42. The van der Waals surface area contributed by atoms with E-state index in [9.17, 15) is 0 Å². The van der Waals surface area contributed by atoms with Gasteiger partial charge in [-0.1, -0.05) is 6.92 Å². The summed E-state index contributed by atoms with van der Waals surface area (Å²) in [6.07, 6.45) is 1.30. The predicted octanol–water partition coefficient (Wildman–Crippen LogP) is 1.15. The van der Waals surface area contributed by atoms with Crippen molar-refractivity contribution in [3.05, 3.63) is 11.3 Å². The van der Waals surface area contributed by atoms with Gasteiger partial charge in [-0.05, 0) is 25.8 Å². The minimum atomic E-state index is 0.812. The molecule has 1 atom stereocenters. The number of anilines is 1. The molecule has 84 valence electrons. The molecule has 1 aromatic rings. The zero-order valence-electron chi connectivity index (χ0n) is 9.82. The van der Waals surface area contributed by atoms with E-state index in [1.165, 1.54) is 25.1 Å². The molecule has 4 heteroatoms. The first-order valence-electron chi connectivity index (χ1n) is 5.58. The highest BCUT2D eigenvalue weighted by Gasteiger charge is 2.21. The number of aryl methyl sites for hydroxylation is 2. The van der Waals surface area contributed by atoms with Crippen LogP contribution in [0, 0.1) is 12.8 Å². The van der Waals surface area contributed by atoms with Crippen molar-refractivity contribution in [3.63, 3.8) is 0 Å². The van der Waals surface area contributed by atoms with Crippen molar-refractivity contribution in [1.82, 2.24) is 14.7 Å². The maximum Gasteiger partial charge on any atom is 0.126 e. The van der Waals surface area contributed by atoms with Crippen LogP contribution in [0.4, 0.5) is 5.82 Å². The summed E-state index contributed by atoms with van der Waals surface area (Å²) in [4.78, 5) is 2.46. The molecule has 0 aliphatic carbocycles. The number of hydrogen-bond donors (Lipinski definition) is 1. The van der Waals surface area contributed by atoms with Gasteiger partial charge in [-0.25, -0.2) is 0 Å². The first-order valence-corrected chi connectivity index (χ1v) is 5.58. The van der Waals surface area contributed by atoms with Crippen molar-refractivity contribution in [2.45, 2.75) is 26.8 Å². The molecular formula is C11H20N4. The van der Waals surface area contributed by atoms with Crippen LogP contribution in [0.1, 0.15) is 24.6 Å². The lowest BCUT2D eigenvalue weighted by molar-refractivity contribution is 0.320. The smallest absolute Gasteiger partial charge is 0.126 e. The number of hydrogen-bond acceptors (Lipinski definition) is 3. The maximum atomic E-state index is 5.99. The van der Waals surface area contributed by atoms with E-state index in [0.717, 1.165) is 24.0 Å². The molecule has 4 nitrogen and oxygen atoms in total. The molecule has 0 aromatic carbocycles. The van der Waals surface area contributed by atoms with Crippen LogP contribution >= 0.6 is 0 Å². The first kappa shape index (κ1) is 10.5. The van der Waals surface area contributed by atoms with Crippen molar-refractivity contribution in [3.8, 4) is 0 Å². The van der Waals surface area contributed by atoms with Gasteiger partial charge in [0.25, 0.3) is 0 Å². The average Bonchev–Trinajstić information content (AvgIpc) is 2.67. The van der Waals surface area contributed by atoms with Gasteiger partial charge in [0.1, 0.15) is 5.82 Å². The summed E-state index contributed by atoms with van der Waals surface area (Å²) in [6.45, 7) is 7.67. The van der Waals surface area contributed by atoms with Crippen LogP contribution in [0.5, 0.6) is 0 Å². The number of nitrogen functional groups attached to an aromatic ring is 1. The van der Waals surface area contributed by atoms with E-state index in [-0.39, 0.29) is 0 Å². The summed E-state index contributed by atoms with van der Waals surface area (Å²) < 4.78 is 1.77. The number of nitrogens with zero attached hydrogens (tertiary/aromatic N) is 3. The van der Waals surface area contributed by atoms with Crippen molar-refractivity contribution >= 4 is 5.82 Å². The lowest BCUT2D eigenvalue weighted by Crippen LogP contribution is -2.20. The molecule has 0 bridgehead atoms. The highest BCUT2D eigenvalue weighted by Crippen LogP contribution is 2.22. The van der Waals surface area contributed by atoms with E-state index in [1.54, 1.807) is 4.68 Å². The minimum absolute atomic E-state index is 0.812. The molecule has 0 spiro atoms. The Balaban J connectivity index is 2.10. The normalized spacial score (nSPS) is 22.5. The molecule has 0 amide bonds. The molecule has 1 aliphatic heterocycles. The van der Waals surface area contributed by atoms with Gasteiger partial charge in [-0.2, -0.15) is 5.10 Å². The van der Waals surface area contributed by atoms with E-state index in [1.807, 2.05) is 14.0 Å². The van der Waals surface area contributed by atoms with Gasteiger partial charge in [0.15, 0.2) is 0 Å². The molecule has 1 aromatic heterocycles. The van der Waals surface area contributed by atoms with Crippen LogP contribution in [0.3, 0.4) is 0 Å². The number of nitrogens with two attached hydrogens (primary N) is 1. The van der Waals surface area contributed by atoms with E-state index in [4.69, 9.17) is 5.73 Å². The lowest BCUT2D eigenvalue weighted by Gasteiger charge is -2.15. The molecule has 1 unspecified atom stereocenters. The zero-order chi connectivity index (χ0) is 11.0. The van der Waals surface area contributed by atoms with Gasteiger partial charge in [-0.15, -0.1) is 0 Å². The summed E-state index contributed by atoms with van der Waals surface area (Å²) in [6, 6.07) is 0. The van der Waals surface area contributed by atoms with Crippen LogP contribution in [-0.4, -0.2) is 27.8 Å². The topological polar surface area (TPSA) is 47.1 Å². The van der Waals surface area contributed by atoms with Gasteiger partial charge in [-0.3, -0.25) is 9.58 Å². The Bertz CT molecular complexity index is 356. The molecule has 2 rings (SSSR count). The van der Waals surface area contributed by atoms with Crippen molar-refractivity contribution in [1.29, 1.82) is 0 Å². The number of aromatic nitrogens is 2. The fourth-order valence-electron chi connectivity index (χ4n) is 2.31. The Kier molecular flexibility index (Phi) is 2.69. The molecular weight excluding hydrogens is 188 g/mol. The summed E-state index contributed by atoms with van der Waals surface area (Å²) in [5, 5.41) is 4.34. The second-order valence-electron chi connectivity index (χ2n) is 4.70. The SMILES string of the molecule is Cc1nn(C)c(N)c1CN1CCC(C)C1. The third-order valence-corrected chi connectivity index (χ3v) is 3.28. The summed E-state index contributed by atoms with van der Waals surface area (Å²) >= 11 is 0. The van der Waals surface area contributed by atoms with Crippen molar-refractivity contribution in [2.24, 2.45) is 13.0 Å². The molecule has 1 fully saturated rings. The minimum Gasteiger partial charge on any atom is -0.384 e. The van der Waals surface area contributed by atoms with E-state index in [2.05, 4.69) is 16.9 Å². The fraction of sp³-hybridized carbons (Fsp3) is 0.727. The maximum absolute atomic E-state index is 5.99. The first-order chi connectivity index (χ1) is 7.08. The quantitative estimate of drug-likeness (QED) is 0.793. The molecule has 1 aliphatic rings. The Morgan fingerprint density at radius 1 is 1.53 bits per heavy atom. The second kappa shape index (κ2) is 3.85. The number of rotatable bonds is 2. The monoisotopic (exact) mass is 208 g/mol. The van der Waals surface area contributed by atoms with Crippen LogP contribution in [-0.2, 0) is 13.6 Å². The largest absolute Gasteiger partial charge is 0.384 e. The van der Waals surface area contributed by atoms with Crippen molar-refractivity contribution in [2.75, 3.05) is 18.8 Å². The summed E-state index contributed by atoms with van der Waals surface area (Å²) in [5.41, 5.74) is 8.25. The Hall–Kier alpha value is -1.03. The third kappa shape index (κ3) is 2.00. The van der Waals surface area contributed by atoms with Gasteiger partial charge < -0.3 is 5.73 Å². The second-order valence-corrected chi connectivity index (χ2v) is 4.70. The van der Waals surface area contributed by atoms with Gasteiger partial charge in [0, 0.05) is 25.7 Å². The molecule has 15 heavy (non-hydrogen) atoms. The predicted molar refractivity (Wildman–Crippen MR) is 61.4 cm³/mol. The molecule has 0 saturated carbocycles. The molecule has 0 radical (unpaired) electrons. The van der Waals surface area contributed by atoms with Crippen LogP contribution in [0.25, 0.3) is 0 Å².